The van der Waals surface area contributed by atoms with E-state index in [1.807, 2.05) is 65.1 Å². The number of rotatable bonds is 2. The molecule has 0 atom stereocenters. The molecule has 0 amide bonds. The van der Waals surface area contributed by atoms with E-state index in [9.17, 15) is 0 Å². The lowest BCUT2D eigenvalue weighted by molar-refractivity contribution is 0.702. The fraction of sp³-hybridized carbons (Fsp3) is 0.545. The van der Waals surface area contributed by atoms with Crippen molar-refractivity contribution < 1.29 is 0 Å². The molecule has 1 aromatic rings. The Labute approximate surface area is 87.0 Å². The molecule has 0 aliphatic rings. The molecule has 0 aromatic carbocycles. The molecule has 3 heteroatoms. The molecule has 0 spiro atoms. The Hall–Kier alpha value is -1.25. The van der Waals surface area contributed by atoms with Crippen molar-refractivity contribution in [3.63, 3.8) is 0 Å². The fourth-order valence-electron chi connectivity index (χ4n) is 1.23. The van der Waals surface area contributed by atoms with Crippen LogP contribution >= 0.6 is 0 Å². The highest BCUT2D eigenvalue weighted by molar-refractivity contribution is 5.41. The van der Waals surface area contributed by atoms with Crippen molar-refractivity contribution in [1.29, 1.82) is 0 Å². The van der Waals surface area contributed by atoms with E-state index >= 15 is 0 Å². The SMILES string of the molecule is C/C=C\c1ncc(C)n1N(C)C.CC. The molecule has 0 bridgehead atoms. The molecule has 14 heavy (non-hydrogen) atoms. The van der Waals surface area contributed by atoms with E-state index in [0.29, 0.717) is 0 Å². The normalized spacial score (nSPS) is 9.86. The lowest BCUT2D eigenvalue weighted by Gasteiger charge is -2.17. The summed E-state index contributed by atoms with van der Waals surface area (Å²) in [4.78, 5) is 4.26. The Bertz CT molecular complexity index is 285. The van der Waals surface area contributed by atoms with Crippen molar-refractivity contribution in [2.45, 2.75) is 27.7 Å². The van der Waals surface area contributed by atoms with Crippen LogP contribution in [-0.4, -0.2) is 23.8 Å². The minimum atomic E-state index is 0.972. The third-order valence-corrected chi connectivity index (χ3v) is 1.65. The molecule has 1 aromatic heterocycles. The van der Waals surface area contributed by atoms with Gasteiger partial charge in [-0.1, -0.05) is 19.9 Å². The van der Waals surface area contributed by atoms with Crippen LogP contribution in [0.3, 0.4) is 0 Å². The average Bonchev–Trinajstić information content (AvgIpc) is 2.51. The van der Waals surface area contributed by atoms with Gasteiger partial charge in [0.2, 0.25) is 0 Å². The molecule has 0 saturated heterocycles. The Kier molecular flexibility index (Phi) is 5.68. The van der Waals surface area contributed by atoms with Gasteiger partial charge in [-0.05, 0) is 19.9 Å². The molecular formula is C11H21N3. The van der Waals surface area contributed by atoms with E-state index in [-0.39, 0.29) is 0 Å². The van der Waals surface area contributed by atoms with Crippen molar-refractivity contribution >= 4 is 6.08 Å². The van der Waals surface area contributed by atoms with E-state index < -0.39 is 0 Å². The Balaban J connectivity index is 0.000000791. The highest BCUT2D eigenvalue weighted by Crippen LogP contribution is 2.04. The van der Waals surface area contributed by atoms with Crippen LogP contribution in [0.4, 0.5) is 0 Å². The lowest BCUT2D eigenvalue weighted by atomic mass is 10.5. The first kappa shape index (κ1) is 12.8. The van der Waals surface area contributed by atoms with Gasteiger partial charge in [0.1, 0.15) is 0 Å². The zero-order valence-electron chi connectivity index (χ0n) is 10.1. The summed E-state index contributed by atoms with van der Waals surface area (Å²) in [5.41, 5.74) is 1.15. The van der Waals surface area contributed by atoms with E-state index in [1.165, 1.54) is 0 Å². The zero-order valence-corrected chi connectivity index (χ0v) is 10.1. The number of nitrogens with zero attached hydrogens (tertiary/aromatic N) is 3. The largest absolute Gasteiger partial charge is 0.317 e. The first-order valence-corrected chi connectivity index (χ1v) is 5.01. The maximum Gasteiger partial charge on any atom is 0.151 e. The van der Waals surface area contributed by atoms with Gasteiger partial charge in [-0.15, -0.1) is 0 Å². The molecule has 0 radical (unpaired) electrons. The van der Waals surface area contributed by atoms with Crippen LogP contribution < -0.4 is 5.01 Å². The van der Waals surface area contributed by atoms with Crippen molar-refractivity contribution in [3.8, 4) is 0 Å². The van der Waals surface area contributed by atoms with E-state index in [4.69, 9.17) is 0 Å². The third kappa shape index (κ3) is 2.91. The van der Waals surface area contributed by atoms with Gasteiger partial charge in [-0.25, -0.2) is 9.66 Å². The maximum atomic E-state index is 4.26. The number of hydrogen-bond donors (Lipinski definition) is 0. The predicted molar refractivity (Wildman–Crippen MR) is 63.1 cm³/mol. The van der Waals surface area contributed by atoms with Gasteiger partial charge in [0.25, 0.3) is 0 Å². The van der Waals surface area contributed by atoms with Gasteiger partial charge in [0, 0.05) is 14.1 Å². The van der Waals surface area contributed by atoms with Gasteiger partial charge < -0.3 is 5.01 Å². The monoisotopic (exact) mass is 195 g/mol. The summed E-state index contributed by atoms with van der Waals surface area (Å²) in [5.74, 6) is 0.972. The summed E-state index contributed by atoms with van der Waals surface area (Å²) in [6.07, 6.45) is 5.85. The minimum Gasteiger partial charge on any atom is -0.317 e. The van der Waals surface area contributed by atoms with Crippen LogP contribution in [0.1, 0.15) is 32.3 Å². The summed E-state index contributed by atoms with van der Waals surface area (Å²) in [7, 11) is 4.00. The van der Waals surface area contributed by atoms with E-state index in [1.54, 1.807) is 0 Å². The Morgan fingerprint density at radius 3 is 2.36 bits per heavy atom. The number of hydrogen-bond acceptors (Lipinski definition) is 2. The number of imidazole rings is 1. The van der Waals surface area contributed by atoms with Crippen LogP contribution in [0.15, 0.2) is 12.3 Å². The molecule has 3 nitrogen and oxygen atoms in total. The van der Waals surface area contributed by atoms with Crippen molar-refractivity contribution in [2.75, 3.05) is 19.1 Å². The number of aryl methyl sites for hydroxylation is 1. The van der Waals surface area contributed by atoms with Crippen LogP contribution in [0.25, 0.3) is 6.08 Å². The highest BCUT2D eigenvalue weighted by atomic mass is 15.5. The van der Waals surface area contributed by atoms with Gasteiger partial charge >= 0.3 is 0 Å². The molecule has 0 unspecified atom stereocenters. The quantitative estimate of drug-likeness (QED) is 0.722. The molecule has 1 heterocycles. The fourth-order valence-corrected chi connectivity index (χ4v) is 1.23. The van der Waals surface area contributed by atoms with Gasteiger partial charge in [0.15, 0.2) is 5.82 Å². The number of allylic oxidation sites excluding steroid dienone is 1. The summed E-state index contributed by atoms with van der Waals surface area (Å²) < 4.78 is 2.06. The molecule has 80 valence electrons. The van der Waals surface area contributed by atoms with E-state index in [0.717, 1.165) is 11.5 Å². The minimum absolute atomic E-state index is 0.972. The van der Waals surface area contributed by atoms with Crippen LogP contribution in [-0.2, 0) is 0 Å². The van der Waals surface area contributed by atoms with E-state index in [2.05, 4.69) is 9.66 Å². The molecule has 0 fully saturated rings. The van der Waals surface area contributed by atoms with Crippen LogP contribution in [0.2, 0.25) is 0 Å². The molecule has 0 aliphatic carbocycles. The second-order valence-electron chi connectivity index (χ2n) is 2.92. The Morgan fingerprint density at radius 1 is 1.36 bits per heavy atom. The molecule has 0 N–H and O–H groups in total. The molecule has 0 aliphatic heterocycles. The summed E-state index contributed by atoms with van der Waals surface area (Å²) in [6, 6.07) is 0. The molecule has 0 saturated carbocycles. The topological polar surface area (TPSA) is 21.1 Å². The van der Waals surface area contributed by atoms with Crippen molar-refractivity contribution in [2.24, 2.45) is 0 Å². The Morgan fingerprint density at radius 2 is 1.93 bits per heavy atom. The zero-order chi connectivity index (χ0) is 11.1. The first-order valence-electron chi connectivity index (χ1n) is 5.01. The highest BCUT2D eigenvalue weighted by Gasteiger charge is 2.03. The smallest absolute Gasteiger partial charge is 0.151 e. The summed E-state index contributed by atoms with van der Waals surface area (Å²) in [5, 5.41) is 2.01. The standard InChI is InChI=1S/C9H15N3.C2H6/c1-5-6-9-10-7-8(2)12(9)11(3)4;1-2/h5-7H,1-4H3;1-2H3/b6-5-;. The van der Waals surface area contributed by atoms with Crippen LogP contribution in [0, 0.1) is 6.92 Å². The summed E-state index contributed by atoms with van der Waals surface area (Å²) in [6.45, 7) is 8.03. The predicted octanol–water partition coefficient (Wildman–Crippen LogP) is 2.45. The molecular weight excluding hydrogens is 174 g/mol. The second kappa shape index (κ2) is 6.24. The maximum absolute atomic E-state index is 4.26. The third-order valence-electron chi connectivity index (χ3n) is 1.65. The van der Waals surface area contributed by atoms with Gasteiger partial charge in [-0.2, -0.15) is 0 Å². The van der Waals surface area contributed by atoms with Gasteiger partial charge in [0.05, 0.1) is 11.9 Å². The summed E-state index contributed by atoms with van der Waals surface area (Å²) >= 11 is 0. The van der Waals surface area contributed by atoms with Gasteiger partial charge in [-0.3, -0.25) is 0 Å². The van der Waals surface area contributed by atoms with Crippen molar-refractivity contribution in [3.05, 3.63) is 23.8 Å². The number of aromatic nitrogens is 2. The average molecular weight is 195 g/mol. The molecule has 1 rings (SSSR count). The van der Waals surface area contributed by atoms with Crippen LogP contribution in [0.5, 0.6) is 0 Å². The second-order valence-corrected chi connectivity index (χ2v) is 2.92. The lowest BCUT2D eigenvalue weighted by Crippen LogP contribution is -2.26. The first-order chi connectivity index (χ1) is 6.66. The van der Waals surface area contributed by atoms with Crippen molar-refractivity contribution in [1.82, 2.24) is 9.66 Å².